The molecule has 1 rings (SSSR count). The second-order valence-electron chi connectivity index (χ2n) is 3.77. The molecule has 0 aliphatic heterocycles. The Hall–Kier alpha value is -0.220. The van der Waals surface area contributed by atoms with E-state index in [1.54, 1.807) is 0 Å². The van der Waals surface area contributed by atoms with Crippen LogP contribution < -0.4 is 11.1 Å². The number of carbonyl (C=O) groups excluding carboxylic acids is 1. The number of thiol groups is 1. The van der Waals surface area contributed by atoms with Crippen LogP contribution in [0.25, 0.3) is 0 Å². The lowest BCUT2D eigenvalue weighted by molar-refractivity contribution is -0.121. The van der Waals surface area contributed by atoms with Crippen LogP contribution in [0.4, 0.5) is 0 Å². The SMILES string of the molecule is CC(S)N[C@@H](C(N)=O)C1CCCC1. The quantitative estimate of drug-likeness (QED) is 0.468. The second-order valence-corrected chi connectivity index (χ2v) is 4.54. The van der Waals surface area contributed by atoms with Crippen molar-refractivity contribution in [1.29, 1.82) is 0 Å². The van der Waals surface area contributed by atoms with E-state index >= 15 is 0 Å². The minimum atomic E-state index is -0.243. The number of hydrogen-bond acceptors (Lipinski definition) is 3. The molecule has 13 heavy (non-hydrogen) atoms. The van der Waals surface area contributed by atoms with E-state index in [4.69, 9.17) is 5.73 Å². The Morgan fingerprint density at radius 3 is 2.46 bits per heavy atom. The van der Waals surface area contributed by atoms with Gasteiger partial charge >= 0.3 is 0 Å². The molecule has 1 aliphatic rings. The summed E-state index contributed by atoms with van der Waals surface area (Å²) in [4.78, 5) is 11.1. The summed E-state index contributed by atoms with van der Waals surface area (Å²) >= 11 is 4.21. The Bertz CT molecular complexity index is 178. The van der Waals surface area contributed by atoms with Gasteiger partial charge in [-0.3, -0.25) is 10.1 Å². The van der Waals surface area contributed by atoms with E-state index in [1.165, 1.54) is 12.8 Å². The van der Waals surface area contributed by atoms with Gasteiger partial charge in [-0.2, -0.15) is 12.6 Å². The fraction of sp³-hybridized carbons (Fsp3) is 0.889. The Balaban J connectivity index is 2.50. The number of nitrogens with one attached hydrogen (secondary N) is 1. The van der Waals surface area contributed by atoms with Crippen molar-refractivity contribution in [3.05, 3.63) is 0 Å². The van der Waals surface area contributed by atoms with Crippen molar-refractivity contribution in [2.75, 3.05) is 0 Å². The molecule has 1 fully saturated rings. The van der Waals surface area contributed by atoms with Gasteiger partial charge in [-0.15, -0.1) is 0 Å². The van der Waals surface area contributed by atoms with Crippen LogP contribution in [0.1, 0.15) is 32.6 Å². The fourth-order valence-electron chi connectivity index (χ4n) is 2.00. The molecule has 0 spiro atoms. The van der Waals surface area contributed by atoms with Crippen molar-refractivity contribution < 1.29 is 4.79 Å². The van der Waals surface area contributed by atoms with Crippen LogP contribution in [0.15, 0.2) is 0 Å². The molecular weight excluding hydrogens is 184 g/mol. The number of nitrogens with two attached hydrogens (primary N) is 1. The standard InChI is InChI=1S/C9H18N2OS/c1-6(13)11-8(9(10)12)7-4-2-3-5-7/h6-8,11,13H,2-5H2,1H3,(H2,10,12)/t6?,8-/m1/s1. The molecule has 1 unspecified atom stereocenters. The first-order chi connectivity index (χ1) is 6.11. The Labute approximate surface area is 84.9 Å². The van der Waals surface area contributed by atoms with E-state index in [1.807, 2.05) is 6.92 Å². The van der Waals surface area contributed by atoms with Crippen molar-refractivity contribution in [3.8, 4) is 0 Å². The molecule has 2 atom stereocenters. The van der Waals surface area contributed by atoms with Crippen LogP contribution in [-0.2, 0) is 4.79 Å². The molecule has 4 heteroatoms. The summed E-state index contributed by atoms with van der Waals surface area (Å²) in [6, 6.07) is -0.185. The maximum absolute atomic E-state index is 11.1. The van der Waals surface area contributed by atoms with Gasteiger partial charge in [0.05, 0.1) is 6.04 Å². The highest BCUT2D eigenvalue weighted by molar-refractivity contribution is 7.80. The maximum atomic E-state index is 11.1. The molecule has 3 nitrogen and oxygen atoms in total. The third-order valence-electron chi connectivity index (χ3n) is 2.60. The Kier molecular flexibility index (Phi) is 4.06. The molecule has 0 aromatic carbocycles. The van der Waals surface area contributed by atoms with E-state index in [9.17, 15) is 4.79 Å². The number of amides is 1. The van der Waals surface area contributed by atoms with Gasteiger partial charge in [0, 0.05) is 5.37 Å². The molecule has 0 heterocycles. The molecule has 1 amide bonds. The van der Waals surface area contributed by atoms with Crippen LogP contribution in [0.5, 0.6) is 0 Å². The van der Waals surface area contributed by atoms with E-state index in [0.717, 1.165) is 12.8 Å². The summed E-state index contributed by atoms with van der Waals surface area (Å²) in [5.41, 5.74) is 5.33. The molecule has 0 aromatic heterocycles. The summed E-state index contributed by atoms with van der Waals surface area (Å²) in [6.45, 7) is 1.91. The van der Waals surface area contributed by atoms with Gasteiger partial charge in [0.15, 0.2) is 0 Å². The zero-order valence-electron chi connectivity index (χ0n) is 7.99. The van der Waals surface area contributed by atoms with Crippen LogP contribution in [0.2, 0.25) is 0 Å². The van der Waals surface area contributed by atoms with E-state index in [2.05, 4.69) is 17.9 Å². The highest BCUT2D eigenvalue weighted by Gasteiger charge is 2.29. The van der Waals surface area contributed by atoms with Crippen molar-refractivity contribution in [1.82, 2.24) is 5.32 Å². The molecule has 0 radical (unpaired) electrons. The average Bonchev–Trinajstić information content (AvgIpc) is 2.50. The van der Waals surface area contributed by atoms with Crippen molar-refractivity contribution in [2.45, 2.75) is 44.0 Å². The lowest BCUT2D eigenvalue weighted by Crippen LogP contribution is -2.48. The highest BCUT2D eigenvalue weighted by Crippen LogP contribution is 2.27. The van der Waals surface area contributed by atoms with Crippen molar-refractivity contribution >= 4 is 18.5 Å². The third-order valence-corrected chi connectivity index (χ3v) is 2.75. The number of hydrogen-bond donors (Lipinski definition) is 3. The molecule has 0 saturated heterocycles. The Morgan fingerprint density at radius 1 is 1.54 bits per heavy atom. The minimum Gasteiger partial charge on any atom is -0.368 e. The monoisotopic (exact) mass is 202 g/mol. The smallest absolute Gasteiger partial charge is 0.234 e. The van der Waals surface area contributed by atoms with Crippen molar-refractivity contribution in [2.24, 2.45) is 11.7 Å². The lowest BCUT2D eigenvalue weighted by atomic mass is 9.97. The summed E-state index contributed by atoms with van der Waals surface area (Å²) in [5, 5.41) is 3.14. The molecular formula is C9H18N2OS. The highest BCUT2D eigenvalue weighted by atomic mass is 32.1. The first-order valence-electron chi connectivity index (χ1n) is 4.84. The first-order valence-corrected chi connectivity index (χ1v) is 5.36. The summed E-state index contributed by atoms with van der Waals surface area (Å²) < 4.78 is 0. The van der Waals surface area contributed by atoms with Crippen LogP contribution >= 0.6 is 12.6 Å². The van der Waals surface area contributed by atoms with Crippen LogP contribution in [0, 0.1) is 5.92 Å². The first kappa shape index (κ1) is 10.9. The van der Waals surface area contributed by atoms with Crippen LogP contribution in [-0.4, -0.2) is 17.3 Å². The summed E-state index contributed by atoms with van der Waals surface area (Å²) in [5.74, 6) is 0.180. The normalized spacial score (nSPS) is 22.9. The van der Waals surface area contributed by atoms with E-state index < -0.39 is 0 Å². The van der Waals surface area contributed by atoms with E-state index in [0.29, 0.717) is 5.92 Å². The predicted octanol–water partition coefficient (Wildman–Crippen LogP) is 0.896. The molecule has 1 aliphatic carbocycles. The molecule has 0 bridgehead atoms. The zero-order valence-corrected chi connectivity index (χ0v) is 8.89. The molecule has 1 saturated carbocycles. The summed E-state index contributed by atoms with van der Waals surface area (Å²) in [6.07, 6.45) is 4.66. The minimum absolute atomic E-state index is 0.0260. The molecule has 76 valence electrons. The number of rotatable bonds is 4. The lowest BCUT2D eigenvalue weighted by Gasteiger charge is -2.23. The van der Waals surface area contributed by atoms with E-state index in [-0.39, 0.29) is 17.3 Å². The third kappa shape index (κ3) is 3.19. The molecule has 0 aromatic rings. The van der Waals surface area contributed by atoms with Gasteiger partial charge in [-0.05, 0) is 25.7 Å². The second kappa shape index (κ2) is 4.86. The van der Waals surface area contributed by atoms with Gasteiger partial charge in [0.25, 0.3) is 0 Å². The summed E-state index contributed by atoms with van der Waals surface area (Å²) in [7, 11) is 0. The Morgan fingerprint density at radius 2 is 2.08 bits per heavy atom. The van der Waals surface area contributed by atoms with Crippen molar-refractivity contribution in [3.63, 3.8) is 0 Å². The zero-order chi connectivity index (χ0) is 9.84. The van der Waals surface area contributed by atoms with Gasteiger partial charge in [0.1, 0.15) is 0 Å². The van der Waals surface area contributed by atoms with Gasteiger partial charge < -0.3 is 5.73 Å². The molecule has 3 N–H and O–H groups in total. The fourth-order valence-corrected chi connectivity index (χ4v) is 2.16. The topological polar surface area (TPSA) is 55.1 Å². The predicted molar refractivity (Wildman–Crippen MR) is 56.5 cm³/mol. The number of carbonyl (C=O) groups is 1. The largest absolute Gasteiger partial charge is 0.368 e. The van der Waals surface area contributed by atoms with Crippen LogP contribution in [0.3, 0.4) is 0 Å². The number of primary amides is 1. The maximum Gasteiger partial charge on any atom is 0.234 e. The van der Waals surface area contributed by atoms with Gasteiger partial charge in [0.2, 0.25) is 5.91 Å². The average molecular weight is 202 g/mol. The van der Waals surface area contributed by atoms with Gasteiger partial charge in [-0.1, -0.05) is 12.8 Å². The van der Waals surface area contributed by atoms with Gasteiger partial charge in [-0.25, -0.2) is 0 Å².